The molecule has 8 nitrogen and oxygen atoms in total. The van der Waals surface area contributed by atoms with Crippen LogP contribution in [0.5, 0.6) is 0 Å². The van der Waals surface area contributed by atoms with Crippen molar-refractivity contribution in [1.82, 2.24) is 29.6 Å². The largest absolute Gasteiger partial charge is 0.368 e. The number of hydrogen-bond acceptors (Lipinski definition) is 6. The topological polar surface area (TPSA) is 87.6 Å². The van der Waals surface area contributed by atoms with Crippen LogP contribution in [-0.2, 0) is 13.6 Å². The van der Waals surface area contributed by atoms with Gasteiger partial charge in [0.2, 0.25) is 5.78 Å². The maximum absolute atomic E-state index is 12.7. The van der Waals surface area contributed by atoms with Crippen LogP contribution in [0, 0.1) is 6.92 Å². The molecule has 0 aliphatic carbocycles. The fraction of sp³-hybridized carbons (Fsp3) is 0.308. The second-order valence-corrected chi connectivity index (χ2v) is 6.41. The van der Waals surface area contributed by atoms with E-state index < -0.39 is 5.69 Å². The highest BCUT2D eigenvalue weighted by atomic mass is 35.5. The first-order valence-corrected chi connectivity index (χ1v) is 8.00. The fourth-order valence-corrected chi connectivity index (χ4v) is 3.70. The summed E-state index contributed by atoms with van der Waals surface area (Å²) in [6.45, 7) is 4.25. The molecular weight excluding hydrogens is 340 g/mol. The zero-order chi connectivity index (χ0) is 16.7. The third kappa shape index (κ3) is 2.41. The van der Waals surface area contributed by atoms with Crippen molar-refractivity contribution >= 4 is 28.7 Å². The van der Waals surface area contributed by atoms with Crippen LogP contribution in [0.25, 0.3) is 5.69 Å². The Morgan fingerprint density at radius 2 is 2.13 bits per heavy atom. The number of thiophene rings is 1. The Hall–Kier alpha value is -2.26. The van der Waals surface area contributed by atoms with Gasteiger partial charge in [0, 0.05) is 24.7 Å². The van der Waals surface area contributed by atoms with E-state index in [1.807, 2.05) is 6.92 Å². The summed E-state index contributed by atoms with van der Waals surface area (Å²) in [6.07, 6.45) is 1.57. The predicted octanol–water partition coefficient (Wildman–Crippen LogP) is 1.44. The summed E-state index contributed by atoms with van der Waals surface area (Å²) >= 11 is 7.60. The van der Waals surface area contributed by atoms with E-state index >= 15 is 0 Å². The van der Waals surface area contributed by atoms with Crippen LogP contribution in [0.4, 0.5) is 0 Å². The molecular formula is C13H13ClN6O2S. The molecule has 0 saturated heterocycles. The van der Waals surface area contributed by atoms with Crippen LogP contribution >= 0.6 is 22.9 Å². The van der Waals surface area contributed by atoms with Gasteiger partial charge >= 0.3 is 5.69 Å². The van der Waals surface area contributed by atoms with Gasteiger partial charge in [0.1, 0.15) is 11.4 Å². The second kappa shape index (κ2) is 5.74. The van der Waals surface area contributed by atoms with Crippen molar-refractivity contribution in [2.75, 3.05) is 0 Å². The standard InChI is InChI=1S/C13H13ClN6O2S/c1-4-19-8(5-6-15-19)11(21)12-9(14)10(7(2)23-12)20-13(22)18(3)16-17-20/h5-6H,4H2,1-3H3. The maximum atomic E-state index is 12.7. The van der Waals surface area contributed by atoms with Crippen molar-refractivity contribution < 1.29 is 4.79 Å². The van der Waals surface area contributed by atoms with E-state index in [0.717, 1.165) is 9.36 Å². The summed E-state index contributed by atoms with van der Waals surface area (Å²) in [5.41, 5.74) is 0.416. The molecule has 23 heavy (non-hydrogen) atoms. The molecule has 0 radical (unpaired) electrons. The number of carbonyl (C=O) groups excluding carboxylic acids is 1. The molecule has 3 aromatic rings. The summed E-state index contributed by atoms with van der Waals surface area (Å²) in [5.74, 6) is -0.231. The molecule has 120 valence electrons. The van der Waals surface area contributed by atoms with Crippen LogP contribution in [0.1, 0.15) is 27.2 Å². The van der Waals surface area contributed by atoms with Gasteiger partial charge in [0.25, 0.3) is 0 Å². The molecule has 0 aromatic carbocycles. The number of tetrazole rings is 1. The normalized spacial score (nSPS) is 11.1. The molecule has 0 fully saturated rings. The molecule has 0 atom stereocenters. The molecule has 0 N–H and O–H groups in total. The van der Waals surface area contributed by atoms with Crippen molar-refractivity contribution in [2.45, 2.75) is 20.4 Å². The van der Waals surface area contributed by atoms with Gasteiger partial charge in [-0.25, -0.2) is 4.79 Å². The first kappa shape index (κ1) is 15.6. The summed E-state index contributed by atoms with van der Waals surface area (Å²) in [4.78, 5) is 25.8. The number of rotatable bonds is 4. The zero-order valence-corrected chi connectivity index (χ0v) is 14.2. The smallest absolute Gasteiger partial charge is 0.286 e. The van der Waals surface area contributed by atoms with E-state index in [1.54, 1.807) is 23.9 Å². The summed E-state index contributed by atoms with van der Waals surface area (Å²) in [5, 5.41) is 11.7. The predicted molar refractivity (Wildman–Crippen MR) is 85.6 cm³/mol. The van der Waals surface area contributed by atoms with Crippen LogP contribution in [-0.4, -0.2) is 35.4 Å². The lowest BCUT2D eigenvalue weighted by Gasteiger charge is -2.02. The Morgan fingerprint density at radius 1 is 1.39 bits per heavy atom. The first-order valence-electron chi connectivity index (χ1n) is 6.80. The van der Waals surface area contributed by atoms with Crippen LogP contribution in [0.15, 0.2) is 17.1 Å². The van der Waals surface area contributed by atoms with Gasteiger partial charge in [-0.3, -0.25) is 9.48 Å². The zero-order valence-electron chi connectivity index (χ0n) is 12.6. The molecule has 10 heteroatoms. The molecule has 3 rings (SSSR count). The molecule has 0 aliphatic heterocycles. The monoisotopic (exact) mass is 352 g/mol. The molecule has 0 saturated carbocycles. The number of aromatic nitrogens is 6. The minimum atomic E-state index is -0.426. The van der Waals surface area contributed by atoms with Crippen molar-refractivity contribution in [3.8, 4) is 5.69 Å². The number of ketones is 1. The minimum Gasteiger partial charge on any atom is -0.286 e. The average molecular weight is 353 g/mol. The van der Waals surface area contributed by atoms with Crippen molar-refractivity contribution in [1.29, 1.82) is 0 Å². The van der Waals surface area contributed by atoms with Crippen LogP contribution < -0.4 is 5.69 Å². The highest BCUT2D eigenvalue weighted by Crippen LogP contribution is 2.35. The van der Waals surface area contributed by atoms with Crippen LogP contribution in [0.2, 0.25) is 5.02 Å². The lowest BCUT2D eigenvalue weighted by molar-refractivity contribution is 0.103. The highest BCUT2D eigenvalue weighted by Gasteiger charge is 2.25. The van der Waals surface area contributed by atoms with Gasteiger partial charge in [-0.15, -0.1) is 11.3 Å². The molecule has 0 amide bonds. The van der Waals surface area contributed by atoms with Gasteiger partial charge in [0.05, 0.1) is 9.90 Å². The van der Waals surface area contributed by atoms with Crippen molar-refractivity contribution in [2.24, 2.45) is 7.05 Å². The molecule has 0 aliphatic rings. The number of hydrogen-bond donors (Lipinski definition) is 0. The Morgan fingerprint density at radius 3 is 2.74 bits per heavy atom. The van der Waals surface area contributed by atoms with Crippen LogP contribution in [0.3, 0.4) is 0 Å². The Bertz CT molecular complexity index is 950. The molecule has 3 aromatic heterocycles. The number of halogens is 1. The fourth-order valence-electron chi connectivity index (χ4n) is 2.24. The first-order chi connectivity index (χ1) is 11.0. The van der Waals surface area contributed by atoms with Gasteiger partial charge in [-0.2, -0.15) is 14.5 Å². The molecule has 0 unspecified atom stereocenters. The van der Waals surface area contributed by atoms with Crippen molar-refractivity contribution in [3.05, 3.63) is 43.2 Å². The SMILES string of the molecule is CCn1nccc1C(=O)c1sc(C)c(-n2nnn(C)c2=O)c1Cl. The Kier molecular flexibility index (Phi) is 3.90. The van der Waals surface area contributed by atoms with Gasteiger partial charge in [-0.1, -0.05) is 11.6 Å². The second-order valence-electron chi connectivity index (χ2n) is 4.81. The summed E-state index contributed by atoms with van der Waals surface area (Å²) < 4.78 is 3.80. The average Bonchev–Trinajstić information content (AvgIpc) is 3.20. The summed E-state index contributed by atoms with van der Waals surface area (Å²) in [6, 6.07) is 1.64. The quantitative estimate of drug-likeness (QED) is 0.663. The van der Waals surface area contributed by atoms with E-state index in [2.05, 4.69) is 15.5 Å². The number of nitrogens with zero attached hydrogens (tertiary/aromatic N) is 6. The minimum absolute atomic E-state index is 0.198. The Labute approximate surface area is 139 Å². The lowest BCUT2D eigenvalue weighted by Crippen LogP contribution is -2.22. The Balaban J connectivity index is 2.13. The number of aryl methyl sites for hydroxylation is 3. The van der Waals surface area contributed by atoms with Gasteiger partial charge in [0.15, 0.2) is 0 Å². The van der Waals surface area contributed by atoms with Gasteiger partial charge < -0.3 is 0 Å². The number of carbonyl (C=O) groups is 1. The van der Waals surface area contributed by atoms with Gasteiger partial charge in [-0.05, 0) is 30.3 Å². The molecule has 0 spiro atoms. The molecule has 0 bridgehead atoms. The van der Waals surface area contributed by atoms with Crippen molar-refractivity contribution in [3.63, 3.8) is 0 Å². The third-order valence-electron chi connectivity index (χ3n) is 3.38. The van der Waals surface area contributed by atoms with E-state index in [-0.39, 0.29) is 10.8 Å². The maximum Gasteiger partial charge on any atom is 0.368 e. The van der Waals surface area contributed by atoms with E-state index in [0.29, 0.717) is 27.7 Å². The lowest BCUT2D eigenvalue weighted by atomic mass is 10.2. The van der Waals surface area contributed by atoms with E-state index in [4.69, 9.17) is 11.6 Å². The molecule has 3 heterocycles. The third-order valence-corrected chi connectivity index (χ3v) is 4.96. The van der Waals surface area contributed by atoms with E-state index in [9.17, 15) is 9.59 Å². The summed E-state index contributed by atoms with van der Waals surface area (Å²) in [7, 11) is 1.49. The highest BCUT2D eigenvalue weighted by molar-refractivity contribution is 7.15. The van der Waals surface area contributed by atoms with E-state index in [1.165, 1.54) is 18.4 Å².